The van der Waals surface area contributed by atoms with Crippen LogP contribution in [0.2, 0.25) is 0 Å². The lowest BCUT2D eigenvalue weighted by Gasteiger charge is -2.34. The number of benzene rings is 2. The lowest BCUT2D eigenvalue weighted by atomic mass is 10.1. The molecule has 2 amide bonds. The Morgan fingerprint density at radius 2 is 1.83 bits per heavy atom. The highest BCUT2D eigenvalue weighted by Crippen LogP contribution is 2.25. The molecule has 2 atom stereocenters. The third-order valence-electron chi connectivity index (χ3n) is 4.73. The zero-order valence-electron chi connectivity index (χ0n) is 16.7. The van der Waals surface area contributed by atoms with Crippen LogP contribution in [0.4, 0.5) is 0 Å². The van der Waals surface area contributed by atoms with Gasteiger partial charge in [-0.3, -0.25) is 9.59 Å². The number of methoxy groups -OCH3 is 1. The Morgan fingerprint density at radius 1 is 1.14 bits per heavy atom. The number of morpholine rings is 1. The largest absolute Gasteiger partial charge is 0.493 e. The van der Waals surface area contributed by atoms with E-state index >= 15 is 0 Å². The van der Waals surface area contributed by atoms with E-state index < -0.39 is 6.04 Å². The Kier molecular flexibility index (Phi) is 7.08. The number of hydrogen-bond donors (Lipinski definition) is 1. The van der Waals surface area contributed by atoms with E-state index in [1.807, 2.05) is 36.4 Å². The van der Waals surface area contributed by atoms with Crippen molar-refractivity contribution in [3.8, 4) is 11.5 Å². The van der Waals surface area contributed by atoms with Crippen LogP contribution in [0, 0.1) is 0 Å². The second-order valence-corrected chi connectivity index (χ2v) is 6.78. The van der Waals surface area contributed by atoms with Crippen molar-refractivity contribution in [3.05, 3.63) is 60.2 Å². The van der Waals surface area contributed by atoms with Crippen LogP contribution in [0.1, 0.15) is 18.6 Å². The molecule has 1 unspecified atom stereocenters. The molecule has 0 aromatic heterocycles. The Balaban J connectivity index is 1.51. The maximum Gasteiger partial charge on any atom is 0.258 e. The number of amides is 2. The lowest BCUT2D eigenvalue weighted by molar-refractivity contribution is -0.143. The van der Waals surface area contributed by atoms with Gasteiger partial charge in [-0.15, -0.1) is 0 Å². The summed E-state index contributed by atoms with van der Waals surface area (Å²) in [5.41, 5.74) is 1.03. The van der Waals surface area contributed by atoms with Gasteiger partial charge >= 0.3 is 0 Å². The normalized spacial score (nSPS) is 17.3. The van der Waals surface area contributed by atoms with E-state index in [0.29, 0.717) is 31.2 Å². The molecule has 2 aromatic carbocycles. The molecule has 7 nitrogen and oxygen atoms in total. The van der Waals surface area contributed by atoms with Crippen LogP contribution in [0.3, 0.4) is 0 Å². The van der Waals surface area contributed by atoms with Crippen molar-refractivity contribution >= 4 is 11.8 Å². The van der Waals surface area contributed by atoms with Crippen molar-refractivity contribution in [2.24, 2.45) is 0 Å². The second kappa shape index (κ2) is 9.93. The molecule has 1 N–H and O–H groups in total. The fourth-order valence-electron chi connectivity index (χ4n) is 3.22. The van der Waals surface area contributed by atoms with Gasteiger partial charge < -0.3 is 24.4 Å². The van der Waals surface area contributed by atoms with Gasteiger partial charge in [0.05, 0.1) is 20.3 Å². The Morgan fingerprint density at radius 3 is 2.55 bits per heavy atom. The first kappa shape index (κ1) is 20.7. The minimum absolute atomic E-state index is 0.139. The summed E-state index contributed by atoms with van der Waals surface area (Å²) >= 11 is 0. The first-order valence-electron chi connectivity index (χ1n) is 9.59. The van der Waals surface area contributed by atoms with Crippen LogP contribution in [-0.4, -0.2) is 56.2 Å². The predicted molar refractivity (Wildman–Crippen MR) is 108 cm³/mol. The van der Waals surface area contributed by atoms with Gasteiger partial charge in [0.2, 0.25) is 5.91 Å². The van der Waals surface area contributed by atoms with Gasteiger partial charge in [-0.2, -0.15) is 0 Å². The molecule has 0 radical (unpaired) electrons. The number of ether oxygens (including phenoxy) is 3. The van der Waals surface area contributed by atoms with Gasteiger partial charge in [-0.1, -0.05) is 42.5 Å². The van der Waals surface area contributed by atoms with Crippen LogP contribution in [0.15, 0.2) is 54.6 Å². The minimum Gasteiger partial charge on any atom is -0.493 e. The van der Waals surface area contributed by atoms with Gasteiger partial charge in [-0.25, -0.2) is 0 Å². The molecule has 1 aliphatic heterocycles. The predicted octanol–water partition coefficient (Wildman–Crippen LogP) is 2.18. The zero-order chi connectivity index (χ0) is 20.6. The average Bonchev–Trinajstić information content (AvgIpc) is 2.78. The highest BCUT2D eigenvalue weighted by molar-refractivity contribution is 5.88. The van der Waals surface area contributed by atoms with Crippen molar-refractivity contribution < 1.29 is 23.8 Å². The standard InChI is InChI=1S/C22H26N2O5/c1-16(23-21(25)15-29-19-11-7-6-10-18(19)27-2)22(26)24-12-13-28-20(14-24)17-8-4-3-5-9-17/h3-11,16,20H,12-15H2,1-2H3,(H,23,25)/t16-,20?/m1/s1. The summed E-state index contributed by atoms with van der Waals surface area (Å²) in [4.78, 5) is 26.7. The number of rotatable bonds is 7. The summed E-state index contributed by atoms with van der Waals surface area (Å²) in [6, 6.07) is 16.2. The topological polar surface area (TPSA) is 77.1 Å². The number of hydrogen-bond acceptors (Lipinski definition) is 5. The molecule has 7 heteroatoms. The quantitative estimate of drug-likeness (QED) is 0.774. The van der Waals surface area contributed by atoms with Crippen molar-refractivity contribution in [3.63, 3.8) is 0 Å². The molecular formula is C22H26N2O5. The van der Waals surface area contributed by atoms with Crippen LogP contribution < -0.4 is 14.8 Å². The molecule has 3 rings (SSSR count). The van der Waals surface area contributed by atoms with E-state index in [1.165, 1.54) is 7.11 Å². The van der Waals surface area contributed by atoms with Crippen molar-refractivity contribution in [2.75, 3.05) is 33.4 Å². The third-order valence-corrected chi connectivity index (χ3v) is 4.73. The Bertz CT molecular complexity index is 827. The number of para-hydroxylation sites is 2. The molecule has 0 spiro atoms. The molecule has 29 heavy (non-hydrogen) atoms. The maximum absolute atomic E-state index is 12.8. The molecule has 0 aliphatic carbocycles. The van der Waals surface area contributed by atoms with Crippen LogP contribution >= 0.6 is 0 Å². The SMILES string of the molecule is COc1ccccc1OCC(=O)N[C@H](C)C(=O)N1CCOC(c2ccccc2)C1. The smallest absolute Gasteiger partial charge is 0.258 e. The Hall–Kier alpha value is -3.06. The van der Waals surface area contributed by atoms with Gasteiger partial charge in [0.1, 0.15) is 12.1 Å². The molecule has 1 saturated heterocycles. The number of nitrogens with one attached hydrogen (secondary N) is 1. The molecule has 0 saturated carbocycles. The summed E-state index contributed by atoms with van der Waals surface area (Å²) in [5, 5.41) is 2.70. The van der Waals surface area contributed by atoms with E-state index in [9.17, 15) is 9.59 Å². The van der Waals surface area contributed by atoms with Gasteiger partial charge in [-0.05, 0) is 24.6 Å². The lowest BCUT2D eigenvalue weighted by Crippen LogP contribution is -2.51. The number of carbonyl (C=O) groups excluding carboxylic acids is 2. The van der Waals surface area contributed by atoms with Crippen molar-refractivity contribution in [1.82, 2.24) is 10.2 Å². The third kappa shape index (κ3) is 5.48. The molecule has 154 valence electrons. The number of carbonyl (C=O) groups is 2. The fraction of sp³-hybridized carbons (Fsp3) is 0.364. The van der Waals surface area contributed by atoms with E-state index in [2.05, 4.69) is 5.32 Å². The summed E-state index contributed by atoms with van der Waals surface area (Å²) in [7, 11) is 1.54. The number of nitrogens with zero attached hydrogens (tertiary/aromatic N) is 1. The minimum atomic E-state index is -0.654. The van der Waals surface area contributed by atoms with E-state index in [1.54, 1.807) is 30.0 Å². The molecule has 1 aliphatic rings. The molecule has 1 fully saturated rings. The van der Waals surface area contributed by atoms with Crippen molar-refractivity contribution in [1.29, 1.82) is 0 Å². The van der Waals surface area contributed by atoms with Gasteiger partial charge in [0.25, 0.3) is 5.91 Å². The fourth-order valence-corrected chi connectivity index (χ4v) is 3.22. The van der Waals surface area contributed by atoms with Gasteiger partial charge in [0.15, 0.2) is 18.1 Å². The molecule has 0 bridgehead atoms. The zero-order valence-corrected chi connectivity index (χ0v) is 16.7. The molecule has 2 aromatic rings. The van der Waals surface area contributed by atoms with Crippen LogP contribution in [0.5, 0.6) is 11.5 Å². The summed E-state index contributed by atoms with van der Waals surface area (Å²) in [6.45, 7) is 2.90. The summed E-state index contributed by atoms with van der Waals surface area (Å²) < 4.78 is 16.5. The van der Waals surface area contributed by atoms with E-state index in [4.69, 9.17) is 14.2 Å². The first-order valence-corrected chi connectivity index (χ1v) is 9.59. The van der Waals surface area contributed by atoms with Crippen LogP contribution in [0.25, 0.3) is 0 Å². The van der Waals surface area contributed by atoms with E-state index in [-0.39, 0.29) is 24.5 Å². The summed E-state index contributed by atoms with van der Waals surface area (Å²) in [5.74, 6) is 0.511. The Labute approximate surface area is 170 Å². The highest BCUT2D eigenvalue weighted by Gasteiger charge is 2.28. The monoisotopic (exact) mass is 398 g/mol. The van der Waals surface area contributed by atoms with Gasteiger partial charge in [0, 0.05) is 6.54 Å². The van der Waals surface area contributed by atoms with Crippen LogP contribution in [-0.2, 0) is 14.3 Å². The maximum atomic E-state index is 12.8. The molecular weight excluding hydrogens is 372 g/mol. The van der Waals surface area contributed by atoms with E-state index in [0.717, 1.165) is 5.56 Å². The summed E-state index contributed by atoms with van der Waals surface area (Å²) in [6.07, 6.45) is -0.161. The second-order valence-electron chi connectivity index (χ2n) is 6.78. The van der Waals surface area contributed by atoms with Crippen molar-refractivity contribution in [2.45, 2.75) is 19.1 Å². The molecule has 1 heterocycles. The first-order chi connectivity index (χ1) is 14.1. The highest BCUT2D eigenvalue weighted by atomic mass is 16.5. The average molecular weight is 398 g/mol.